The number of phenols is 1. The van der Waals surface area contributed by atoms with Gasteiger partial charge in [0.1, 0.15) is 34.9 Å². The molecule has 2 aromatic carbocycles. The number of carbonyl (C=O) groups is 4. The molecule has 6 N–H and O–H groups in total. The number of likely N-dealkylation sites (N-methyl/N-ethyl adjacent to an activating group) is 1. The van der Waals surface area contributed by atoms with E-state index in [4.69, 9.17) is 10.5 Å². The lowest BCUT2D eigenvalue weighted by Crippen LogP contribution is -2.65. The first-order valence-corrected chi connectivity index (χ1v) is 12.5. The van der Waals surface area contributed by atoms with Gasteiger partial charge in [-0.3, -0.25) is 24.1 Å². The molecule has 11 nitrogen and oxygen atoms in total. The Kier molecular flexibility index (Phi) is 6.31. The number of aromatic hydroxyl groups is 1. The van der Waals surface area contributed by atoms with Gasteiger partial charge in [-0.05, 0) is 68.2 Å². The monoisotopic (exact) mass is 548 g/mol. The van der Waals surface area contributed by atoms with Crippen molar-refractivity contribution in [2.75, 3.05) is 21.2 Å². The van der Waals surface area contributed by atoms with Crippen LogP contribution in [-0.4, -0.2) is 81.9 Å². The van der Waals surface area contributed by atoms with Gasteiger partial charge in [0.2, 0.25) is 5.78 Å². The number of ether oxygens (including phenoxy) is 1. The molecule has 40 heavy (non-hydrogen) atoms. The van der Waals surface area contributed by atoms with E-state index < -0.39 is 58.0 Å². The van der Waals surface area contributed by atoms with Crippen molar-refractivity contribution in [2.45, 2.75) is 24.5 Å². The molecule has 0 aliphatic heterocycles. The van der Waals surface area contributed by atoms with Crippen LogP contribution in [0.4, 0.5) is 0 Å². The number of hydrogen-bond acceptors (Lipinski definition) is 10. The van der Waals surface area contributed by atoms with Crippen molar-refractivity contribution in [1.82, 2.24) is 4.90 Å². The quantitative estimate of drug-likeness (QED) is 0.270. The molecular weight excluding hydrogens is 520 g/mol. The van der Waals surface area contributed by atoms with E-state index in [1.165, 1.54) is 32.2 Å². The van der Waals surface area contributed by atoms with Gasteiger partial charge in [-0.25, -0.2) is 0 Å². The number of ketones is 2. The Morgan fingerprint density at radius 3 is 2.42 bits per heavy atom. The highest BCUT2D eigenvalue weighted by Gasteiger charge is 2.64. The average molecular weight is 549 g/mol. The molecule has 5 rings (SSSR count). The van der Waals surface area contributed by atoms with Crippen LogP contribution in [0.2, 0.25) is 0 Å². The van der Waals surface area contributed by atoms with Crippen LogP contribution in [0.25, 0.3) is 16.9 Å². The van der Waals surface area contributed by atoms with E-state index in [9.17, 15) is 39.6 Å². The molecule has 0 bridgehead atoms. The Balaban J connectivity index is 1.76. The Hall–Kier alpha value is -4.48. The third kappa shape index (κ3) is 3.58. The summed E-state index contributed by atoms with van der Waals surface area (Å²) in [5, 5.41) is 44.9. The summed E-state index contributed by atoms with van der Waals surface area (Å²) in [5.74, 6) is -6.75. The van der Waals surface area contributed by atoms with E-state index in [2.05, 4.69) is 0 Å². The van der Waals surface area contributed by atoms with Crippen molar-refractivity contribution in [3.8, 4) is 22.6 Å². The van der Waals surface area contributed by atoms with E-state index in [1.54, 1.807) is 24.3 Å². The minimum Gasteiger partial charge on any atom is -0.508 e. The highest BCUT2D eigenvalue weighted by Crippen LogP contribution is 2.54. The third-order valence-corrected chi connectivity index (χ3v) is 8.25. The molecule has 1 saturated carbocycles. The average Bonchev–Trinajstić information content (AvgIpc) is 2.90. The maximum absolute atomic E-state index is 14.0. The molecule has 0 unspecified atom stereocenters. The number of aliphatic hydroxyl groups excluding tert-OH is 2. The molecule has 0 saturated heterocycles. The highest BCUT2D eigenvalue weighted by molar-refractivity contribution is 6.24. The number of rotatable bonds is 5. The number of phenolic OH excluding ortho intramolecular Hbond substituents is 1. The fraction of sp³-hybridized carbons (Fsp3) is 0.310. The van der Waals surface area contributed by atoms with Crippen molar-refractivity contribution in [3.63, 3.8) is 0 Å². The van der Waals surface area contributed by atoms with E-state index in [1.807, 2.05) is 0 Å². The predicted molar refractivity (Wildman–Crippen MR) is 142 cm³/mol. The van der Waals surface area contributed by atoms with E-state index >= 15 is 0 Å². The van der Waals surface area contributed by atoms with Gasteiger partial charge in [-0.1, -0.05) is 6.07 Å². The van der Waals surface area contributed by atoms with E-state index in [0.29, 0.717) is 34.3 Å². The number of amides is 1. The minimum atomic E-state index is -2.71. The van der Waals surface area contributed by atoms with Crippen LogP contribution in [0.15, 0.2) is 47.2 Å². The number of carbonyl (C=O) groups excluding carboxylic acids is 4. The zero-order chi connectivity index (χ0) is 29.3. The molecule has 0 heterocycles. The first-order chi connectivity index (χ1) is 18.9. The Morgan fingerprint density at radius 2 is 1.82 bits per heavy atom. The van der Waals surface area contributed by atoms with Crippen molar-refractivity contribution >= 4 is 29.5 Å². The number of aldehydes is 1. The van der Waals surface area contributed by atoms with Crippen molar-refractivity contribution in [1.29, 1.82) is 0 Å². The van der Waals surface area contributed by atoms with Gasteiger partial charge in [-0.15, -0.1) is 0 Å². The number of nitrogens with two attached hydrogens (primary N) is 1. The van der Waals surface area contributed by atoms with Crippen LogP contribution in [-0.2, 0) is 20.8 Å². The lowest BCUT2D eigenvalue weighted by Gasteiger charge is -2.50. The smallest absolute Gasteiger partial charge is 0.255 e. The molecule has 0 spiro atoms. The summed E-state index contributed by atoms with van der Waals surface area (Å²) < 4.78 is 5.49. The van der Waals surface area contributed by atoms with Gasteiger partial charge < -0.3 is 30.9 Å². The summed E-state index contributed by atoms with van der Waals surface area (Å²) in [6, 6.07) is 6.57. The van der Waals surface area contributed by atoms with Crippen LogP contribution in [0, 0.1) is 11.8 Å². The summed E-state index contributed by atoms with van der Waals surface area (Å²) in [6.07, 6.45) is 0.743. The van der Waals surface area contributed by atoms with Crippen LogP contribution in [0.1, 0.15) is 27.9 Å². The molecule has 208 valence electrons. The summed E-state index contributed by atoms with van der Waals surface area (Å²) in [7, 11) is 4.54. The lowest BCUT2D eigenvalue weighted by atomic mass is 9.57. The third-order valence-electron chi connectivity index (χ3n) is 8.25. The second kappa shape index (κ2) is 9.32. The van der Waals surface area contributed by atoms with Gasteiger partial charge in [0.15, 0.2) is 11.4 Å². The van der Waals surface area contributed by atoms with Gasteiger partial charge >= 0.3 is 0 Å². The van der Waals surface area contributed by atoms with Crippen LogP contribution in [0.3, 0.4) is 0 Å². The van der Waals surface area contributed by atoms with Crippen LogP contribution < -0.4 is 10.5 Å². The molecular formula is C29H28N2O9. The normalized spacial score (nSPS) is 25.9. The van der Waals surface area contributed by atoms with Crippen molar-refractivity contribution in [3.05, 3.63) is 63.9 Å². The molecule has 3 aliphatic carbocycles. The van der Waals surface area contributed by atoms with Crippen molar-refractivity contribution < 1.29 is 44.3 Å². The number of primary amides is 1. The number of nitrogens with zero attached hydrogens (tertiary/aromatic N) is 1. The maximum Gasteiger partial charge on any atom is 0.255 e. The fourth-order valence-electron chi connectivity index (χ4n) is 6.51. The standard InChI is InChI=1S/C29H28N2O9/c1-31(2)23-17-10-13-9-16-14(15-8-12(11-32)4-7-19(15)40-3)5-6-18(33)21(16)24(34)20(13)26(36)29(17,39)27(37)22(25(23)35)28(30)38/h4-8,11,13,17,23,33-34,37,39H,9-10H2,1-3H3,(H2,30,38)/t13-,17-,23-,29+/m1/s1. The topological polar surface area (TPSA) is 188 Å². The Bertz CT molecular complexity index is 1570. The Morgan fingerprint density at radius 1 is 1.12 bits per heavy atom. The largest absolute Gasteiger partial charge is 0.508 e. The van der Waals surface area contributed by atoms with Crippen LogP contribution >= 0.6 is 0 Å². The lowest BCUT2D eigenvalue weighted by molar-refractivity contribution is -0.153. The number of benzene rings is 2. The van der Waals surface area contributed by atoms with Gasteiger partial charge in [0.05, 0.1) is 18.7 Å². The van der Waals surface area contributed by atoms with Gasteiger partial charge in [0, 0.05) is 22.6 Å². The number of hydrogen-bond donors (Lipinski definition) is 5. The summed E-state index contributed by atoms with van der Waals surface area (Å²) in [6.45, 7) is 0. The summed E-state index contributed by atoms with van der Waals surface area (Å²) >= 11 is 0. The first-order valence-electron chi connectivity index (χ1n) is 12.5. The summed E-state index contributed by atoms with van der Waals surface area (Å²) in [5.41, 5.74) is 3.37. The molecule has 1 amide bonds. The number of aliphatic hydroxyl groups is 3. The van der Waals surface area contributed by atoms with E-state index in [0.717, 1.165) is 0 Å². The zero-order valence-corrected chi connectivity index (χ0v) is 22.0. The minimum absolute atomic E-state index is 0.0353. The number of Topliss-reactive ketones (excluding diaryl/α,β-unsaturated/α-hetero) is 2. The van der Waals surface area contributed by atoms with Crippen molar-refractivity contribution in [2.24, 2.45) is 17.6 Å². The second-order valence-electron chi connectivity index (χ2n) is 10.5. The molecule has 11 heteroatoms. The maximum atomic E-state index is 14.0. The number of methoxy groups -OCH3 is 1. The van der Waals surface area contributed by atoms with Gasteiger partial charge in [-0.2, -0.15) is 0 Å². The first kappa shape index (κ1) is 27.1. The van der Waals surface area contributed by atoms with Crippen LogP contribution in [0.5, 0.6) is 11.5 Å². The second-order valence-corrected chi connectivity index (χ2v) is 10.5. The van der Waals surface area contributed by atoms with E-state index in [-0.39, 0.29) is 29.7 Å². The predicted octanol–water partition coefficient (Wildman–Crippen LogP) is 1.45. The fourth-order valence-corrected chi connectivity index (χ4v) is 6.51. The summed E-state index contributed by atoms with van der Waals surface area (Å²) in [4.78, 5) is 52.3. The SMILES string of the molecule is COc1ccc(C=O)cc1-c1ccc(O)c2c1C[C@@H]1C[C@@H]3[C@@H](N(C)C)C(=O)C(C(N)=O)=C(O)[C@@]3(O)C(=O)C1=C2O. The molecule has 1 fully saturated rings. The zero-order valence-electron chi connectivity index (χ0n) is 22.0. The molecule has 0 radical (unpaired) electrons. The molecule has 0 aromatic heterocycles. The molecule has 3 aliphatic rings. The van der Waals surface area contributed by atoms with Gasteiger partial charge in [0.25, 0.3) is 5.91 Å². The molecule has 2 aromatic rings. The number of fused-ring (bicyclic) bond motifs is 3. The highest BCUT2D eigenvalue weighted by atomic mass is 16.5. The Labute approximate surface area is 228 Å². The molecule has 4 atom stereocenters.